The molecule has 1 aliphatic rings. The number of halogens is 2. The quantitative estimate of drug-likeness (QED) is 0.558. The van der Waals surface area contributed by atoms with Crippen LogP contribution >= 0.6 is 23.2 Å². The molecule has 0 aliphatic carbocycles. The van der Waals surface area contributed by atoms with Crippen LogP contribution < -0.4 is 4.74 Å². The second-order valence-corrected chi connectivity index (χ2v) is 10.2. The van der Waals surface area contributed by atoms with Crippen LogP contribution in [-0.2, 0) is 26.0 Å². The van der Waals surface area contributed by atoms with E-state index >= 15 is 0 Å². The summed E-state index contributed by atoms with van der Waals surface area (Å²) in [4.78, 5) is 26.2. The Labute approximate surface area is 190 Å². The smallest absolute Gasteiger partial charge is 0.342 e. The molecular weight excluding hydrogens is 465 g/mol. The predicted octanol–water partition coefficient (Wildman–Crippen LogP) is 3.37. The van der Waals surface area contributed by atoms with Gasteiger partial charge in [0.05, 0.1) is 11.5 Å². The van der Waals surface area contributed by atoms with Crippen LogP contribution in [0.1, 0.15) is 22.3 Å². The van der Waals surface area contributed by atoms with E-state index in [1.165, 1.54) is 18.0 Å². The summed E-state index contributed by atoms with van der Waals surface area (Å²) in [7, 11) is -1.62. The molecule has 0 aromatic heterocycles. The van der Waals surface area contributed by atoms with Crippen molar-refractivity contribution in [3.05, 3.63) is 63.6 Å². The lowest BCUT2D eigenvalue weighted by Gasteiger charge is -2.23. The fraction of sp³-hybridized carbons (Fsp3) is 0.333. The molecule has 0 saturated carbocycles. The fourth-order valence-electron chi connectivity index (χ4n) is 3.15. The zero-order valence-electron chi connectivity index (χ0n) is 16.7. The molecule has 31 heavy (non-hydrogen) atoms. The number of ether oxygens (including phenoxy) is 2. The van der Waals surface area contributed by atoms with Gasteiger partial charge >= 0.3 is 5.97 Å². The zero-order valence-corrected chi connectivity index (χ0v) is 19.0. The third-order valence-electron chi connectivity index (χ3n) is 4.98. The van der Waals surface area contributed by atoms with E-state index in [0.29, 0.717) is 22.0 Å². The number of carbonyl (C=O) groups excluding carboxylic acids is 2. The van der Waals surface area contributed by atoms with Crippen LogP contribution in [0.2, 0.25) is 10.0 Å². The van der Waals surface area contributed by atoms with E-state index < -0.39 is 34.4 Å². The SMILES string of the molecule is CN(C(=O)COC(=O)c1ccccc1OCc1ccc(Cl)cc1Cl)[C@@H]1CCS(=O)(=O)C1. The maximum atomic E-state index is 12.5. The van der Waals surface area contributed by atoms with Crippen LogP contribution in [0.4, 0.5) is 0 Å². The summed E-state index contributed by atoms with van der Waals surface area (Å²) in [6, 6.07) is 11.1. The van der Waals surface area contributed by atoms with Crippen molar-refractivity contribution >= 4 is 44.9 Å². The van der Waals surface area contributed by atoms with Gasteiger partial charge in [-0.15, -0.1) is 0 Å². The van der Waals surface area contributed by atoms with Gasteiger partial charge in [-0.1, -0.05) is 41.4 Å². The van der Waals surface area contributed by atoms with Crippen LogP contribution in [0, 0.1) is 0 Å². The molecule has 0 bridgehead atoms. The van der Waals surface area contributed by atoms with E-state index in [2.05, 4.69) is 0 Å². The molecule has 3 rings (SSSR count). The number of hydrogen-bond acceptors (Lipinski definition) is 6. The number of hydrogen-bond donors (Lipinski definition) is 0. The van der Waals surface area contributed by atoms with Gasteiger partial charge in [-0.2, -0.15) is 0 Å². The van der Waals surface area contributed by atoms with Crippen LogP contribution in [0.25, 0.3) is 0 Å². The van der Waals surface area contributed by atoms with Crippen molar-refractivity contribution in [2.24, 2.45) is 0 Å². The van der Waals surface area contributed by atoms with Crippen LogP contribution in [-0.4, -0.2) is 56.4 Å². The molecular formula is C21H21Cl2NO6S. The average Bonchev–Trinajstić information content (AvgIpc) is 3.10. The third-order valence-corrected chi connectivity index (χ3v) is 7.32. The van der Waals surface area contributed by atoms with E-state index in [-0.39, 0.29) is 29.4 Å². The molecule has 1 atom stereocenters. The van der Waals surface area contributed by atoms with Crippen molar-refractivity contribution in [2.45, 2.75) is 19.1 Å². The highest BCUT2D eigenvalue weighted by Gasteiger charge is 2.33. The molecule has 1 heterocycles. The Hall–Kier alpha value is -2.29. The average molecular weight is 486 g/mol. The standard InChI is InChI=1S/C21H21Cl2NO6S/c1-24(16-8-9-31(27,28)13-16)20(25)12-30-21(26)17-4-2-3-5-19(17)29-11-14-6-7-15(22)10-18(14)23/h2-7,10,16H,8-9,11-13H2,1H3/t16-/m1/s1. The fourth-order valence-corrected chi connectivity index (χ4v) is 5.38. The first kappa shape index (κ1) is 23.4. The summed E-state index contributed by atoms with van der Waals surface area (Å²) in [6.07, 6.45) is 0.377. The number of para-hydroxylation sites is 1. The lowest BCUT2D eigenvalue weighted by Crippen LogP contribution is -2.40. The Bertz CT molecular complexity index is 1090. The summed E-state index contributed by atoms with van der Waals surface area (Å²) in [5.41, 5.74) is 0.851. The molecule has 0 radical (unpaired) electrons. The first-order valence-electron chi connectivity index (χ1n) is 9.45. The summed E-state index contributed by atoms with van der Waals surface area (Å²) < 4.78 is 34.1. The Balaban J connectivity index is 1.60. The number of amides is 1. The number of benzene rings is 2. The molecule has 166 valence electrons. The monoisotopic (exact) mass is 485 g/mol. The maximum absolute atomic E-state index is 12.5. The second kappa shape index (κ2) is 9.89. The van der Waals surface area contributed by atoms with Gasteiger partial charge in [-0.25, -0.2) is 13.2 Å². The number of rotatable bonds is 7. The lowest BCUT2D eigenvalue weighted by atomic mass is 10.2. The Morgan fingerprint density at radius 3 is 2.58 bits per heavy atom. The molecule has 1 aliphatic heterocycles. The van der Waals surface area contributed by atoms with Crippen LogP contribution in [0.3, 0.4) is 0 Å². The normalized spacial score (nSPS) is 17.2. The molecule has 0 N–H and O–H groups in total. The minimum absolute atomic E-state index is 0.0530. The molecule has 7 nitrogen and oxygen atoms in total. The molecule has 1 amide bonds. The van der Waals surface area contributed by atoms with E-state index in [9.17, 15) is 18.0 Å². The molecule has 0 unspecified atom stereocenters. The van der Waals surface area contributed by atoms with Gasteiger partial charge < -0.3 is 14.4 Å². The Morgan fingerprint density at radius 2 is 1.90 bits per heavy atom. The minimum Gasteiger partial charge on any atom is -0.488 e. The highest BCUT2D eigenvalue weighted by molar-refractivity contribution is 7.91. The predicted molar refractivity (Wildman–Crippen MR) is 117 cm³/mol. The van der Waals surface area contributed by atoms with Gasteiger partial charge in [0.15, 0.2) is 16.4 Å². The number of likely N-dealkylation sites (N-methyl/N-ethyl adjacent to an activating group) is 1. The summed E-state index contributed by atoms with van der Waals surface area (Å²) in [6.45, 7) is -0.388. The molecule has 1 fully saturated rings. The zero-order chi connectivity index (χ0) is 22.6. The van der Waals surface area contributed by atoms with Gasteiger partial charge in [0.2, 0.25) is 0 Å². The molecule has 10 heteroatoms. The highest BCUT2D eigenvalue weighted by Crippen LogP contribution is 2.25. The highest BCUT2D eigenvalue weighted by atomic mass is 35.5. The first-order valence-corrected chi connectivity index (χ1v) is 12.0. The summed E-state index contributed by atoms with van der Waals surface area (Å²) >= 11 is 12.0. The molecule has 1 saturated heterocycles. The lowest BCUT2D eigenvalue weighted by molar-refractivity contribution is -0.134. The number of esters is 1. The molecule has 2 aromatic carbocycles. The summed E-state index contributed by atoms with van der Waals surface area (Å²) in [5.74, 6) is -0.938. The third kappa shape index (κ3) is 6.12. The van der Waals surface area contributed by atoms with Crippen molar-refractivity contribution < 1.29 is 27.5 Å². The largest absolute Gasteiger partial charge is 0.488 e. The first-order chi connectivity index (χ1) is 14.7. The van der Waals surface area contributed by atoms with Gasteiger partial charge in [-0.05, 0) is 30.7 Å². The number of sulfone groups is 1. The topological polar surface area (TPSA) is 90.0 Å². The van der Waals surface area contributed by atoms with Crippen LogP contribution in [0.5, 0.6) is 5.75 Å². The van der Waals surface area contributed by atoms with Crippen LogP contribution in [0.15, 0.2) is 42.5 Å². The van der Waals surface area contributed by atoms with E-state index in [0.717, 1.165) is 0 Å². The van der Waals surface area contributed by atoms with E-state index in [1.54, 1.807) is 36.4 Å². The van der Waals surface area contributed by atoms with Crippen molar-refractivity contribution in [1.82, 2.24) is 4.90 Å². The van der Waals surface area contributed by atoms with Crippen molar-refractivity contribution in [3.63, 3.8) is 0 Å². The molecule has 2 aromatic rings. The summed E-state index contributed by atoms with van der Waals surface area (Å²) in [5, 5.41) is 0.942. The van der Waals surface area contributed by atoms with Gasteiger partial charge in [-0.3, -0.25) is 4.79 Å². The van der Waals surface area contributed by atoms with Crippen molar-refractivity contribution in [3.8, 4) is 5.75 Å². The van der Waals surface area contributed by atoms with E-state index in [1.807, 2.05) is 0 Å². The second-order valence-electron chi connectivity index (χ2n) is 7.16. The Morgan fingerprint density at radius 1 is 1.16 bits per heavy atom. The van der Waals surface area contributed by atoms with Crippen molar-refractivity contribution in [2.75, 3.05) is 25.2 Å². The number of nitrogens with zero attached hydrogens (tertiary/aromatic N) is 1. The maximum Gasteiger partial charge on any atom is 0.342 e. The van der Waals surface area contributed by atoms with E-state index in [4.69, 9.17) is 32.7 Å². The van der Waals surface area contributed by atoms with Crippen molar-refractivity contribution in [1.29, 1.82) is 0 Å². The van der Waals surface area contributed by atoms with Gasteiger partial charge in [0, 0.05) is 28.7 Å². The molecule has 0 spiro atoms. The van der Waals surface area contributed by atoms with Gasteiger partial charge in [0.1, 0.15) is 17.9 Å². The number of carbonyl (C=O) groups is 2. The van der Waals surface area contributed by atoms with Gasteiger partial charge in [0.25, 0.3) is 5.91 Å². The minimum atomic E-state index is -3.12. The Kier molecular flexibility index (Phi) is 7.46.